The van der Waals surface area contributed by atoms with E-state index in [1.54, 1.807) is 0 Å². The van der Waals surface area contributed by atoms with Gasteiger partial charge in [0.25, 0.3) is 0 Å². The van der Waals surface area contributed by atoms with Crippen molar-refractivity contribution in [3.05, 3.63) is 45.1 Å². The Morgan fingerprint density at radius 2 is 1.70 bits per heavy atom. The van der Waals surface area contributed by atoms with E-state index in [-0.39, 0.29) is 11.8 Å². The summed E-state index contributed by atoms with van der Waals surface area (Å²) < 4.78 is 28.1. The number of piperidine rings is 1. The second-order valence-electron chi connectivity index (χ2n) is 7.27. The minimum absolute atomic E-state index is 0.0239. The van der Waals surface area contributed by atoms with Gasteiger partial charge in [0.15, 0.2) is 0 Å². The maximum atomic E-state index is 13.3. The number of hydrogen-bond donors (Lipinski definition) is 1. The van der Waals surface area contributed by atoms with Gasteiger partial charge in [-0.25, -0.2) is 8.42 Å². The van der Waals surface area contributed by atoms with Crippen LogP contribution in [0.4, 0.5) is 5.69 Å². The molecule has 1 aliphatic rings. The van der Waals surface area contributed by atoms with Crippen molar-refractivity contribution >= 4 is 33.0 Å². The molecule has 0 spiro atoms. The van der Waals surface area contributed by atoms with Crippen LogP contribution in [-0.4, -0.2) is 31.7 Å². The first kappa shape index (κ1) is 20.0. The number of rotatable bonds is 4. The normalized spacial score (nSPS) is 16.4. The SMILES string of the molecule is Cc1cc(C)c(C)c(S(=O)(=O)N2CCC(C(=O)Nc3ccsc3)CC2)c1C. The molecule has 1 fully saturated rings. The zero-order chi connectivity index (χ0) is 19.8. The van der Waals surface area contributed by atoms with Gasteiger partial charge in [0.1, 0.15) is 0 Å². The molecular weight excluding hydrogens is 380 g/mol. The number of carbonyl (C=O) groups excluding carboxylic acids is 1. The molecule has 2 heterocycles. The Hall–Kier alpha value is -1.70. The number of nitrogens with zero attached hydrogens (tertiary/aromatic N) is 1. The van der Waals surface area contributed by atoms with Gasteiger partial charge in [0.2, 0.25) is 15.9 Å². The molecule has 1 amide bonds. The topological polar surface area (TPSA) is 66.5 Å². The minimum Gasteiger partial charge on any atom is -0.325 e. The highest BCUT2D eigenvalue weighted by Gasteiger charge is 2.34. The van der Waals surface area contributed by atoms with Crippen LogP contribution in [0.1, 0.15) is 35.1 Å². The Morgan fingerprint density at radius 3 is 2.22 bits per heavy atom. The molecule has 1 saturated heterocycles. The van der Waals surface area contributed by atoms with Crippen molar-refractivity contribution in [2.45, 2.75) is 45.4 Å². The number of carbonyl (C=O) groups is 1. The van der Waals surface area contributed by atoms with Crippen LogP contribution in [0.5, 0.6) is 0 Å². The van der Waals surface area contributed by atoms with Crippen LogP contribution in [0.3, 0.4) is 0 Å². The van der Waals surface area contributed by atoms with E-state index in [1.807, 2.05) is 50.6 Å². The lowest BCUT2D eigenvalue weighted by Gasteiger charge is -2.31. The van der Waals surface area contributed by atoms with Gasteiger partial charge < -0.3 is 5.32 Å². The first-order valence-electron chi connectivity index (χ1n) is 9.12. The van der Waals surface area contributed by atoms with Crippen LogP contribution < -0.4 is 5.32 Å². The predicted octanol–water partition coefficient (Wildman–Crippen LogP) is 4.02. The summed E-state index contributed by atoms with van der Waals surface area (Å²) in [4.78, 5) is 12.8. The van der Waals surface area contributed by atoms with E-state index < -0.39 is 10.0 Å². The second-order valence-corrected chi connectivity index (χ2v) is 9.92. The lowest BCUT2D eigenvalue weighted by atomic mass is 9.97. The highest BCUT2D eigenvalue weighted by Crippen LogP contribution is 2.31. The Bertz CT molecular complexity index is 916. The van der Waals surface area contributed by atoms with Crippen molar-refractivity contribution in [1.29, 1.82) is 0 Å². The summed E-state index contributed by atoms with van der Waals surface area (Å²) in [6.45, 7) is 8.38. The highest BCUT2D eigenvalue weighted by molar-refractivity contribution is 7.89. The van der Waals surface area contributed by atoms with Gasteiger partial charge in [-0.2, -0.15) is 15.6 Å². The first-order chi connectivity index (χ1) is 12.7. The molecule has 0 atom stereocenters. The van der Waals surface area contributed by atoms with E-state index in [4.69, 9.17) is 0 Å². The number of benzene rings is 1. The molecular formula is C20H26N2O3S2. The van der Waals surface area contributed by atoms with Crippen molar-refractivity contribution in [2.24, 2.45) is 5.92 Å². The zero-order valence-corrected chi connectivity index (χ0v) is 17.8. The molecule has 0 unspecified atom stereocenters. The molecule has 146 valence electrons. The summed E-state index contributed by atoms with van der Waals surface area (Å²) in [5.41, 5.74) is 4.41. The summed E-state index contributed by atoms with van der Waals surface area (Å²) in [5.74, 6) is -0.179. The quantitative estimate of drug-likeness (QED) is 0.834. The molecule has 0 saturated carbocycles. The standard InChI is InChI=1S/C20H26N2O3S2/c1-13-11-14(2)16(4)19(15(13)3)27(24,25)22-8-5-17(6-9-22)20(23)21-18-7-10-26-12-18/h7,10-12,17H,5-6,8-9H2,1-4H3,(H,21,23). The van der Waals surface area contributed by atoms with E-state index in [0.29, 0.717) is 30.8 Å². The maximum Gasteiger partial charge on any atom is 0.243 e. The van der Waals surface area contributed by atoms with Gasteiger partial charge in [-0.1, -0.05) is 6.07 Å². The number of aryl methyl sites for hydroxylation is 2. The maximum absolute atomic E-state index is 13.3. The summed E-state index contributed by atoms with van der Waals surface area (Å²) in [6.07, 6.45) is 1.08. The highest BCUT2D eigenvalue weighted by atomic mass is 32.2. The predicted molar refractivity (Wildman–Crippen MR) is 110 cm³/mol. The van der Waals surface area contributed by atoms with Crippen LogP contribution in [0.25, 0.3) is 0 Å². The number of anilines is 1. The fraction of sp³-hybridized carbons (Fsp3) is 0.450. The van der Waals surface area contributed by atoms with E-state index in [2.05, 4.69) is 5.32 Å². The first-order valence-corrected chi connectivity index (χ1v) is 11.5. The molecule has 2 aromatic rings. The third kappa shape index (κ3) is 3.95. The van der Waals surface area contributed by atoms with E-state index >= 15 is 0 Å². The van der Waals surface area contributed by atoms with Gasteiger partial charge >= 0.3 is 0 Å². The molecule has 7 heteroatoms. The average Bonchev–Trinajstić information content (AvgIpc) is 3.13. The molecule has 0 aliphatic carbocycles. The van der Waals surface area contributed by atoms with E-state index in [1.165, 1.54) is 15.6 Å². The van der Waals surface area contributed by atoms with Crippen LogP contribution in [0.2, 0.25) is 0 Å². The van der Waals surface area contributed by atoms with Gasteiger partial charge in [0, 0.05) is 24.4 Å². The van der Waals surface area contributed by atoms with Crippen LogP contribution >= 0.6 is 11.3 Å². The number of nitrogens with one attached hydrogen (secondary N) is 1. The van der Waals surface area contributed by atoms with Crippen LogP contribution in [0, 0.1) is 33.6 Å². The molecule has 5 nitrogen and oxygen atoms in total. The summed E-state index contributed by atoms with van der Waals surface area (Å²) in [5, 5.41) is 6.72. The lowest BCUT2D eigenvalue weighted by molar-refractivity contribution is -0.120. The number of sulfonamides is 1. The second kappa shape index (κ2) is 7.73. The Morgan fingerprint density at radius 1 is 1.11 bits per heavy atom. The third-order valence-corrected chi connectivity index (χ3v) is 8.37. The lowest BCUT2D eigenvalue weighted by Crippen LogP contribution is -2.41. The molecule has 1 aliphatic heterocycles. The zero-order valence-electron chi connectivity index (χ0n) is 16.2. The smallest absolute Gasteiger partial charge is 0.243 e. The largest absolute Gasteiger partial charge is 0.325 e. The average molecular weight is 407 g/mol. The molecule has 0 radical (unpaired) electrons. The molecule has 1 N–H and O–H groups in total. The Labute approximate surface area is 165 Å². The van der Waals surface area contributed by atoms with Crippen molar-refractivity contribution in [1.82, 2.24) is 4.31 Å². The number of hydrogen-bond acceptors (Lipinski definition) is 4. The minimum atomic E-state index is -3.56. The Kier molecular flexibility index (Phi) is 5.74. The number of amides is 1. The van der Waals surface area contributed by atoms with Crippen LogP contribution in [-0.2, 0) is 14.8 Å². The van der Waals surface area contributed by atoms with Crippen molar-refractivity contribution in [3.63, 3.8) is 0 Å². The van der Waals surface area contributed by atoms with Crippen LogP contribution in [0.15, 0.2) is 27.8 Å². The summed E-state index contributed by atoms with van der Waals surface area (Å²) in [7, 11) is -3.56. The van der Waals surface area contributed by atoms with Gasteiger partial charge in [-0.15, -0.1) is 0 Å². The monoisotopic (exact) mass is 406 g/mol. The number of thiophene rings is 1. The Balaban J connectivity index is 1.75. The fourth-order valence-electron chi connectivity index (χ4n) is 3.63. The van der Waals surface area contributed by atoms with E-state index in [0.717, 1.165) is 27.9 Å². The molecule has 0 bridgehead atoms. The van der Waals surface area contributed by atoms with Gasteiger partial charge in [-0.3, -0.25) is 4.79 Å². The van der Waals surface area contributed by atoms with Gasteiger partial charge in [-0.05, 0) is 74.2 Å². The molecule has 3 rings (SSSR count). The molecule has 27 heavy (non-hydrogen) atoms. The van der Waals surface area contributed by atoms with Crippen molar-refractivity contribution in [2.75, 3.05) is 18.4 Å². The van der Waals surface area contributed by atoms with Crippen molar-refractivity contribution < 1.29 is 13.2 Å². The fourth-order valence-corrected chi connectivity index (χ4v) is 6.27. The van der Waals surface area contributed by atoms with Crippen molar-refractivity contribution in [3.8, 4) is 0 Å². The molecule has 1 aromatic heterocycles. The third-order valence-electron chi connectivity index (χ3n) is 5.51. The summed E-state index contributed by atoms with van der Waals surface area (Å²) >= 11 is 1.53. The van der Waals surface area contributed by atoms with Gasteiger partial charge in [0.05, 0.1) is 10.6 Å². The van der Waals surface area contributed by atoms with E-state index in [9.17, 15) is 13.2 Å². The molecule has 1 aromatic carbocycles. The summed E-state index contributed by atoms with van der Waals surface area (Å²) in [6, 6.07) is 3.90.